The third-order valence-electron chi connectivity index (χ3n) is 3.12. The van der Waals surface area contributed by atoms with E-state index in [2.05, 4.69) is 13.0 Å². The monoisotopic (exact) mass is 404 g/mol. The Bertz CT molecular complexity index is 674. The smallest absolute Gasteiger partial charge is 0.335 e. The molecular formula is C24H36O5. The molecule has 0 aliphatic carbocycles. The fraction of sp³-hybridized carbons (Fsp3) is 0.417. The average molecular weight is 405 g/mol. The highest BCUT2D eigenvalue weighted by molar-refractivity contribution is 5.87. The summed E-state index contributed by atoms with van der Waals surface area (Å²) in [7, 11) is 0. The number of Topliss-reactive ketones (excluding diaryl/α,β-unsaturated/α-hetero) is 1. The second-order valence-corrected chi connectivity index (χ2v) is 5.57. The van der Waals surface area contributed by atoms with Crippen molar-refractivity contribution in [2.24, 2.45) is 0 Å². The van der Waals surface area contributed by atoms with Gasteiger partial charge in [-0.15, -0.1) is 0 Å². The van der Waals surface area contributed by atoms with E-state index in [0.29, 0.717) is 25.6 Å². The number of benzene rings is 2. The molecule has 1 N–H and O–H groups in total. The minimum Gasteiger partial charge on any atom is -0.491 e. The SMILES string of the molecule is CC.CC.CC(C)=O.Cc1ccccc1COCCOc1ccc(C(=O)O)cc1. The molecule has 0 spiro atoms. The topological polar surface area (TPSA) is 72.8 Å². The van der Waals surface area contributed by atoms with Gasteiger partial charge in [-0.05, 0) is 56.2 Å². The van der Waals surface area contributed by atoms with Crippen molar-refractivity contribution in [2.45, 2.75) is 55.1 Å². The lowest BCUT2D eigenvalue weighted by Gasteiger charge is -2.09. The molecular weight excluding hydrogens is 368 g/mol. The van der Waals surface area contributed by atoms with Crippen LogP contribution >= 0.6 is 0 Å². The highest BCUT2D eigenvalue weighted by Gasteiger charge is 2.02. The van der Waals surface area contributed by atoms with E-state index in [9.17, 15) is 9.59 Å². The molecule has 0 atom stereocenters. The van der Waals surface area contributed by atoms with E-state index in [4.69, 9.17) is 14.6 Å². The Labute approximate surface area is 175 Å². The molecule has 0 saturated carbocycles. The van der Waals surface area contributed by atoms with Gasteiger partial charge in [-0.2, -0.15) is 0 Å². The number of carboxylic acids is 1. The number of hydrogen-bond acceptors (Lipinski definition) is 4. The lowest BCUT2D eigenvalue weighted by molar-refractivity contribution is -0.115. The molecule has 29 heavy (non-hydrogen) atoms. The van der Waals surface area contributed by atoms with Gasteiger partial charge in [0.05, 0.1) is 18.8 Å². The summed E-state index contributed by atoms with van der Waals surface area (Å²) in [6.45, 7) is 14.6. The number of hydrogen-bond donors (Lipinski definition) is 1. The summed E-state index contributed by atoms with van der Waals surface area (Å²) in [6, 6.07) is 14.4. The summed E-state index contributed by atoms with van der Waals surface area (Å²) in [5, 5.41) is 8.79. The zero-order valence-electron chi connectivity index (χ0n) is 18.8. The maximum absolute atomic E-state index is 10.7. The molecule has 0 saturated heterocycles. The van der Waals surface area contributed by atoms with Crippen LogP contribution in [0.3, 0.4) is 0 Å². The van der Waals surface area contributed by atoms with Crippen LogP contribution in [0, 0.1) is 6.92 Å². The summed E-state index contributed by atoms with van der Waals surface area (Å²) >= 11 is 0. The van der Waals surface area contributed by atoms with Crippen molar-refractivity contribution in [3.63, 3.8) is 0 Å². The lowest BCUT2D eigenvalue weighted by atomic mass is 10.1. The third-order valence-corrected chi connectivity index (χ3v) is 3.12. The minimum atomic E-state index is -0.942. The number of ketones is 1. The first-order valence-electron chi connectivity index (χ1n) is 9.95. The van der Waals surface area contributed by atoms with Crippen molar-refractivity contribution in [3.8, 4) is 5.75 Å². The zero-order valence-corrected chi connectivity index (χ0v) is 18.8. The van der Waals surface area contributed by atoms with Crippen molar-refractivity contribution in [1.82, 2.24) is 0 Å². The minimum absolute atomic E-state index is 0.167. The number of carbonyl (C=O) groups excluding carboxylic acids is 1. The Morgan fingerprint density at radius 2 is 1.38 bits per heavy atom. The Hall–Kier alpha value is -2.66. The summed E-state index contributed by atoms with van der Waals surface area (Å²) in [6.07, 6.45) is 0. The average Bonchev–Trinajstić information content (AvgIpc) is 2.72. The summed E-state index contributed by atoms with van der Waals surface area (Å²) < 4.78 is 11.1. The molecule has 0 unspecified atom stereocenters. The van der Waals surface area contributed by atoms with Crippen LogP contribution in [0.2, 0.25) is 0 Å². The Morgan fingerprint density at radius 3 is 1.86 bits per heavy atom. The fourth-order valence-electron chi connectivity index (χ4n) is 1.87. The summed E-state index contributed by atoms with van der Waals surface area (Å²) in [5.41, 5.74) is 2.63. The molecule has 2 aromatic carbocycles. The molecule has 2 rings (SSSR count). The maximum atomic E-state index is 10.7. The third kappa shape index (κ3) is 15.0. The molecule has 0 aromatic heterocycles. The van der Waals surface area contributed by atoms with Crippen LogP contribution in [-0.4, -0.2) is 30.1 Å². The number of rotatable bonds is 7. The van der Waals surface area contributed by atoms with Gasteiger partial charge in [0, 0.05) is 0 Å². The fourth-order valence-corrected chi connectivity index (χ4v) is 1.87. The van der Waals surface area contributed by atoms with Gasteiger partial charge in [-0.3, -0.25) is 0 Å². The predicted molar refractivity (Wildman–Crippen MR) is 119 cm³/mol. The molecule has 0 aliphatic rings. The number of aryl methyl sites for hydroxylation is 1. The normalized spacial score (nSPS) is 8.79. The molecule has 0 heterocycles. The molecule has 5 nitrogen and oxygen atoms in total. The predicted octanol–water partition coefficient (Wildman–Crippen LogP) is 5.94. The summed E-state index contributed by atoms with van der Waals surface area (Å²) in [5.74, 6) is -0.136. The van der Waals surface area contributed by atoms with Gasteiger partial charge in [0.25, 0.3) is 0 Å². The summed E-state index contributed by atoms with van der Waals surface area (Å²) in [4.78, 5) is 20.2. The van der Waals surface area contributed by atoms with Crippen LogP contribution in [0.1, 0.15) is 63.0 Å². The van der Waals surface area contributed by atoms with E-state index in [1.165, 1.54) is 37.1 Å². The quantitative estimate of drug-likeness (QED) is 0.578. The molecule has 0 aliphatic heterocycles. The van der Waals surface area contributed by atoms with Crippen molar-refractivity contribution in [2.75, 3.05) is 13.2 Å². The second-order valence-electron chi connectivity index (χ2n) is 5.57. The molecule has 0 amide bonds. The Kier molecular flexibility index (Phi) is 18.4. The van der Waals surface area contributed by atoms with Gasteiger partial charge in [0.15, 0.2) is 0 Å². The highest BCUT2D eigenvalue weighted by Crippen LogP contribution is 2.12. The first kappa shape index (κ1) is 28.5. The zero-order chi connectivity index (χ0) is 22.7. The van der Waals surface area contributed by atoms with Crippen molar-refractivity contribution in [3.05, 3.63) is 65.2 Å². The van der Waals surface area contributed by atoms with Gasteiger partial charge in [-0.1, -0.05) is 52.0 Å². The van der Waals surface area contributed by atoms with E-state index >= 15 is 0 Å². The van der Waals surface area contributed by atoms with Crippen LogP contribution in [0.4, 0.5) is 0 Å². The van der Waals surface area contributed by atoms with E-state index < -0.39 is 5.97 Å². The molecule has 162 valence electrons. The number of carbonyl (C=O) groups is 2. The number of aromatic carboxylic acids is 1. The largest absolute Gasteiger partial charge is 0.491 e. The van der Waals surface area contributed by atoms with Crippen LogP contribution < -0.4 is 4.74 Å². The number of ether oxygens (including phenoxy) is 2. The van der Waals surface area contributed by atoms with Crippen molar-refractivity contribution >= 4 is 11.8 Å². The second kappa shape index (κ2) is 18.7. The molecule has 0 fully saturated rings. The van der Waals surface area contributed by atoms with Gasteiger partial charge < -0.3 is 19.4 Å². The van der Waals surface area contributed by atoms with Crippen LogP contribution in [-0.2, 0) is 16.1 Å². The van der Waals surface area contributed by atoms with Crippen LogP contribution in [0.15, 0.2) is 48.5 Å². The van der Waals surface area contributed by atoms with Gasteiger partial charge >= 0.3 is 5.97 Å². The van der Waals surface area contributed by atoms with Crippen LogP contribution in [0.25, 0.3) is 0 Å². The standard InChI is InChI=1S/C17H18O4.C3H6O.2C2H6/c1-13-4-2-3-5-15(13)12-20-10-11-21-16-8-6-14(7-9-16)17(18)19;1-3(2)4;2*1-2/h2-9H,10-12H2,1H3,(H,18,19);1-2H3;2*1-2H3. The number of carboxylic acid groups (broad SMARTS) is 1. The van der Waals surface area contributed by atoms with E-state index in [1.54, 1.807) is 12.1 Å². The van der Waals surface area contributed by atoms with Crippen molar-refractivity contribution in [1.29, 1.82) is 0 Å². The highest BCUT2D eigenvalue weighted by atomic mass is 16.5. The Morgan fingerprint density at radius 1 is 0.862 bits per heavy atom. The van der Waals surface area contributed by atoms with E-state index in [-0.39, 0.29) is 11.3 Å². The van der Waals surface area contributed by atoms with Gasteiger partial charge in [0.2, 0.25) is 0 Å². The van der Waals surface area contributed by atoms with Gasteiger partial charge in [0.1, 0.15) is 18.1 Å². The maximum Gasteiger partial charge on any atom is 0.335 e. The lowest BCUT2D eigenvalue weighted by Crippen LogP contribution is -2.07. The molecule has 2 aromatic rings. The first-order valence-corrected chi connectivity index (χ1v) is 9.95. The first-order chi connectivity index (χ1) is 13.9. The van der Waals surface area contributed by atoms with E-state index in [1.807, 2.05) is 45.9 Å². The molecule has 0 radical (unpaired) electrons. The van der Waals surface area contributed by atoms with E-state index in [0.717, 1.165) is 0 Å². The molecule has 5 heteroatoms. The van der Waals surface area contributed by atoms with Crippen LogP contribution in [0.5, 0.6) is 5.75 Å². The van der Waals surface area contributed by atoms with Gasteiger partial charge in [-0.25, -0.2) is 4.79 Å². The molecule has 0 bridgehead atoms. The van der Waals surface area contributed by atoms with Crippen molar-refractivity contribution < 1.29 is 24.2 Å². The Balaban J connectivity index is 0.